The topological polar surface area (TPSA) is 0 Å². The van der Waals surface area contributed by atoms with Crippen LogP contribution in [0.4, 0.5) is 0 Å². The van der Waals surface area contributed by atoms with Crippen molar-refractivity contribution < 1.29 is 0 Å². The zero-order valence-electron chi connectivity index (χ0n) is 19.3. The van der Waals surface area contributed by atoms with Gasteiger partial charge < -0.3 is 0 Å². The molecular weight excluding hydrogens is 441 g/mol. The molecule has 6 rings (SSSR count). The molecular formula is C29H28S2Si. The van der Waals surface area contributed by atoms with Crippen LogP contribution in [-0.4, -0.2) is 14.0 Å². The summed E-state index contributed by atoms with van der Waals surface area (Å²) in [5.74, 6) is 0.377. The van der Waals surface area contributed by atoms with Crippen molar-refractivity contribution >= 4 is 48.7 Å². The quantitative estimate of drug-likeness (QED) is 0.388. The Morgan fingerprint density at radius 2 is 1.66 bits per heavy atom. The Balaban J connectivity index is 1.56. The van der Waals surface area contributed by atoms with E-state index in [0.29, 0.717) is 11.2 Å². The maximum atomic E-state index is 2.51. The summed E-state index contributed by atoms with van der Waals surface area (Å²) in [5, 5.41) is 3.89. The molecule has 0 saturated carbocycles. The van der Waals surface area contributed by atoms with Gasteiger partial charge in [0.15, 0.2) is 0 Å². The molecule has 2 aliphatic carbocycles. The summed E-state index contributed by atoms with van der Waals surface area (Å²) < 4.78 is 1.61. The molecule has 0 radical (unpaired) electrons. The molecule has 1 aromatic heterocycles. The second kappa shape index (κ2) is 7.48. The lowest BCUT2D eigenvalue weighted by Crippen LogP contribution is -2.22. The number of hydrogen-bond donors (Lipinski definition) is 0. The van der Waals surface area contributed by atoms with E-state index < -0.39 is 8.80 Å². The van der Waals surface area contributed by atoms with E-state index in [-0.39, 0.29) is 0 Å². The summed E-state index contributed by atoms with van der Waals surface area (Å²) in [6, 6.07) is 20.2. The molecule has 3 aromatic rings. The molecule has 32 heavy (non-hydrogen) atoms. The van der Waals surface area contributed by atoms with Crippen LogP contribution in [0.25, 0.3) is 28.0 Å². The van der Waals surface area contributed by atoms with E-state index in [9.17, 15) is 0 Å². The van der Waals surface area contributed by atoms with Gasteiger partial charge in [0.25, 0.3) is 0 Å². The fourth-order valence-corrected chi connectivity index (χ4v) is 11.7. The van der Waals surface area contributed by atoms with Crippen LogP contribution in [0.1, 0.15) is 35.8 Å². The third-order valence-corrected chi connectivity index (χ3v) is 11.9. The maximum absolute atomic E-state index is 2.51. The van der Waals surface area contributed by atoms with Crippen LogP contribution >= 0.6 is 23.1 Å². The minimum Gasteiger partial charge on any atom is -0.141 e. The summed E-state index contributed by atoms with van der Waals surface area (Å²) in [6.45, 7) is 12.0. The third kappa shape index (κ3) is 2.87. The number of benzene rings is 2. The minimum absolute atomic E-state index is 0.377. The monoisotopic (exact) mass is 468 g/mol. The Morgan fingerprint density at radius 1 is 0.875 bits per heavy atom. The summed E-state index contributed by atoms with van der Waals surface area (Å²) in [4.78, 5) is 2.98. The Labute approximate surface area is 200 Å². The van der Waals surface area contributed by atoms with Crippen LogP contribution in [0.3, 0.4) is 0 Å². The first kappa shape index (κ1) is 20.5. The van der Waals surface area contributed by atoms with Crippen LogP contribution in [0, 0.1) is 6.92 Å². The van der Waals surface area contributed by atoms with Gasteiger partial charge in [-0.25, -0.2) is 0 Å². The van der Waals surface area contributed by atoms with Crippen LogP contribution in [-0.2, 0) is 0 Å². The molecule has 2 atom stereocenters. The van der Waals surface area contributed by atoms with Gasteiger partial charge in [-0.05, 0) is 75.6 Å². The highest BCUT2D eigenvalue weighted by Gasteiger charge is 2.42. The number of hydrogen-bond acceptors (Lipinski definition) is 2. The van der Waals surface area contributed by atoms with E-state index in [1.165, 1.54) is 37.6 Å². The van der Waals surface area contributed by atoms with E-state index >= 15 is 0 Å². The zero-order chi connectivity index (χ0) is 22.1. The number of fused-ring (bicyclic) bond motifs is 3. The van der Waals surface area contributed by atoms with Crippen molar-refractivity contribution in [3.63, 3.8) is 0 Å². The Kier molecular flexibility index (Phi) is 4.80. The minimum atomic E-state index is -0.897. The second-order valence-electron chi connectivity index (χ2n) is 9.59. The van der Waals surface area contributed by atoms with Gasteiger partial charge in [-0.3, -0.25) is 0 Å². The summed E-state index contributed by atoms with van der Waals surface area (Å²) in [5.41, 5.74) is 10.3. The average molecular weight is 469 g/mol. The highest BCUT2D eigenvalue weighted by Crippen LogP contribution is 2.56. The molecule has 0 nitrogen and oxygen atoms in total. The first-order chi connectivity index (χ1) is 15.5. The Bertz CT molecular complexity index is 1450. The molecule has 1 aliphatic heterocycles. The van der Waals surface area contributed by atoms with Gasteiger partial charge in [-0.2, -0.15) is 0 Å². The normalized spacial score (nSPS) is 21.4. The van der Waals surface area contributed by atoms with Gasteiger partial charge in [0, 0.05) is 15.3 Å². The van der Waals surface area contributed by atoms with Crippen molar-refractivity contribution in [3.8, 4) is 11.1 Å². The fraction of sp³-hybridized carbons (Fsp3) is 0.241. The predicted octanol–water partition coefficient (Wildman–Crippen LogP) is 6.65. The molecule has 0 amide bonds. The van der Waals surface area contributed by atoms with Gasteiger partial charge >= 0.3 is 0 Å². The fourth-order valence-electron chi connectivity index (χ4n) is 5.91. The van der Waals surface area contributed by atoms with Gasteiger partial charge in [0.05, 0.1) is 14.0 Å². The van der Waals surface area contributed by atoms with E-state index in [1.807, 2.05) is 11.3 Å². The molecule has 3 heteroatoms. The first-order valence-corrected chi connectivity index (χ1v) is 16.1. The molecule has 0 saturated heterocycles. The molecule has 2 unspecified atom stereocenters. The molecule has 2 heterocycles. The average Bonchev–Trinajstić information content (AvgIpc) is 3.46. The third-order valence-electron chi connectivity index (χ3n) is 7.19. The first-order valence-electron chi connectivity index (χ1n) is 11.5. The smallest absolute Gasteiger partial charge is 0.0633 e. The van der Waals surface area contributed by atoms with Gasteiger partial charge in [0.1, 0.15) is 0 Å². The molecule has 3 aliphatic rings. The summed E-state index contributed by atoms with van der Waals surface area (Å²) >= 11 is 4.16. The molecule has 160 valence electrons. The highest BCUT2D eigenvalue weighted by molar-refractivity contribution is 8.05. The number of allylic oxidation sites excluding steroid dienone is 3. The van der Waals surface area contributed by atoms with Crippen molar-refractivity contribution in [3.05, 3.63) is 96.4 Å². The number of thiophene rings is 1. The van der Waals surface area contributed by atoms with Gasteiger partial charge in [-0.1, -0.05) is 73.3 Å². The Hall–Kier alpha value is -2.07. The standard InChI is InChI=1S/C29H28S2Si/c1-16-14-22-20(19-10-7-6-8-11-19)12-9-13-21(22)24(16)25-18(3)31-28-26(25)23-15-17(2)30-27(23)29(28)32(4)5/h6-15,24,28,32H,1-5H3. The number of aryl methyl sites for hydroxylation is 1. The molecule has 0 spiro atoms. The van der Waals surface area contributed by atoms with Crippen LogP contribution < -0.4 is 9.75 Å². The Morgan fingerprint density at radius 3 is 2.41 bits per heavy atom. The maximum Gasteiger partial charge on any atom is 0.0633 e. The lowest BCUT2D eigenvalue weighted by atomic mass is 9.82. The van der Waals surface area contributed by atoms with E-state index in [2.05, 4.69) is 106 Å². The lowest BCUT2D eigenvalue weighted by Gasteiger charge is -2.21. The molecule has 0 N–H and O–H groups in total. The van der Waals surface area contributed by atoms with Crippen molar-refractivity contribution in [2.75, 3.05) is 0 Å². The van der Waals surface area contributed by atoms with Crippen molar-refractivity contribution in [1.82, 2.24) is 0 Å². The molecule has 2 aromatic carbocycles. The molecule has 0 bridgehead atoms. The van der Waals surface area contributed by atoms with Gasteiger partial charge in [0.2, 0.25) is 0 Å². The number of rotatable bonds is 3. The van der Waals surface area contributed by atoms with Crippen molar-refractivity contribution in [2.24, 2.45) is 0 Å². The zero-order valence-corrected chi connectivity index (χ0v) is 22.1. The van der Waals surface area contributed by atoms with Crippen LogP contribution in [0.15, 0.2) is 70.6 Å². The van der Waals surface area contributed by atoms with E-state index in [0.717, 1.165) is 0 Å². The second-order valence-corrected chi connectivity index (χ2v) is 15.1. The SMILES string of the molecule is CC1=Cc2c(-c3ccccc3)cccc2C1C1=C(C)SC2C1=c1cc(C)sc1=C2[SiH](C)C. The largest absolute Gasteiger partial charge is 0.141 e. The van der Waals surface area contributed by atoms with Crippen molar-refractivity contribution in [2.45, 2.75) is 45.0 Å². The summed E-state index contributed by atoms with van der Waals surface area (Å²) in [6.07, 6.45) is 2.46. The van der Waals surface area contributed by atoms with Crippen LogP contribution in [0.2, 0.25) is 13.1 Å². The highest BCUT2D eigenvalue weighted by atomic mass is 32.2. The van der Waals surface area contributed by atoms with E-state index in [4.69, 9.17) is 0 Å². The van der Waals surface area contributed by atoms with Gasteiger partial charge in [-0.15, -0.1) is 23.1 Å². The van der Waals surface area contributed by atoms with E-state index in [1.54, 1.807) is 26.1 Å². The lowest BCUT2D eigenvalue weighted by molar-refractivity contribution is 0.974. The van der Waals surface area contributed by atoms with Crippen LogP contribution in [0.5, 0.6) is 0 Å². The van der Waals surface area contributed by atoms with Crippen molar-refractivity contribution in [1.29, 1.82) is 0 Å². The molecule has 0 fully saturated rings. The predicted molar refractivity (Wildman–Crippen MR) is 146 cm³/mol. The number of thioether (sulfide) groups is 1. The summed E-state index contributed by atoms with van der Waals surface area (Å²) in [7, 11) is -0.897.